The van der Waals surface area contributed by atoms with Crippen LogP contribution in [0.25, 0.3) is 11.2 Å². The number of benzene rings is 1. The summed E-state index contributed by atoms with van der Waals surface area (Å²) in [6, 6.07) is 6.95. The number of thioether (sulfide) groups is 1. The number of hydrogen-bond donors (Lipinski definition) is 1. The number of nitrogens with two attached hydrogens (primary N) is 1. The molecule has 0 spiro atoms. The van der Waals surface area contributed by atoms with E-state index >= 15 is 0 Å². The first-order chi connectivity index (χ1) is 14.5. The van der Waals surface area contributed by atoms with Gasteiger partial charge in [-0.15, -0.1) is 0 Å². The number of imidazole rings is 1. The maximum Gasteiger partial charge on any atom is 0.260 e. The number of nitrogens with zero attached hydrogens (tertiary/aromatic N) is 6. The second kappa shape index (κ2) is 8.57. The van der Waals surface area contributed by atoms with E-state index in [2.05, 4.69) is 19.9 Å². The van der Waals surface area contributed by atoms with Gasteiger partial charge >= 0.3 is 0 Å². The third kappa shape index (κ3) is 4.10. The van der Waals surface area contributed by atoms with Crippen molar-refractivity contribution in [1.29, 1.82) is 0 Å². The number of aromatic nitrogens is 4. The van der Waals surface area contributed by atoms with E-state index in [1.165, 1.54) is 0 Å². The monoisotopic (exact) mass is 447 g/mol. The number of ether oxygens (including phenoxy) is 1. The summed E-state index contributed by atoms with van der Waals surface area (Å²) in [4.78, 5) is 29.9. The van der Waals surface area contributed by atoms with Gasteiger partial charge < -0.3 is 24.8 Å². The van der Waals surface area contributed by atoms with E-state index in [9.17, 15) is 4.79 Å². The zero-order valence-electron chi connectivity index (χ0n) is 16.7. The smallest absolute Gasteiger partial charge is 0.260 e. The van der Waals surface area contributed by atoms with Gasteiger partial charge in [0, 0.05) is 38.2 Å². The number of amides is 1. The van der Waals surface area contributed by atoms with Crippen molar-refractivity contribution in [2.24, 2.45) is 7.05 Å². The van der Waals surface area contributed by atoms with Crippen molar-refractivity contribution in [3.63, 3.8) is 0 Å². The van der Waals surface area contributed by atoms with Gasteiger partial charge in [-0.2, -0.15) is 9.97 Å². The van der Waals surface area contributed by atoms with E-state index in [-0.39, 0.29) is 18.5 Å². The van der Waals surface area contributed by atoms with Crippen molar-refractivity contribution in [1.82, 2.24) is 24.4 Å². The number of halogens is 1. The van der Waals surface area contributed by atoms with E-state index in [0.717, 1.165) is 10.7 Å². The highest BCUT2D eigenvalue weighted by atomic mass is 35.5. The van der Waals surface area contributed by atoms with Gasteiger partial charge in [-0.05, 0) is 30.5 Å². The molecule has 3 heterocycles. The number of carbonyl (C=O) groups excluding carboxylic acids is 1. The lowest BCUT2D eigenvalue weighted by Gasteiger charge is -2.35. The van der Waals surface area contributed by atoms with E-state index in [1.807, 2.05) is 17.9 Å². The van der Waals surface area contributed by atoms with Gasteiger partial charge in [-0.1, -0.05) is 23.4 Å². The largest absolute Gasteiger partial charge is 0.484 e. The molecule has 0 aliphatic carbocycles. The molecule has 2 N–H and O–H groups in total. The Balaban J connectivity index is 1.42. The number of hydrogen-bond acceptors (Lipinski definition) is 8. The summed E-state index contributed by atoms with van der Waals surface area (Å²) < 4.78 is 7.49. The van der Waals surface area contributed by atoms with E-state index < -0.39 is 0 Å². The summed E-state index contributed by atoms with van der Waals surface area (Å²) >= 11 is 7.41. The molecule has 11 heteroatoms. The van der Waals surface area contributed by atoms with E-state index in [4.69, 9.17) is 22.1 Å². The highest BCUT2D eigenvalue weighted by Crippen LogP contribution is 2.28. The second-order valence-electron chi connectivity index (χ2n) is 6.85. The topological polar surface area (TPSA) is 102 Å². The van der Waals surface area contributed by atoms with Gasteiger partial charge in [0.1, 0.15) is 5.75 Å². The standard InChI is InChI=1S/C19H22ClN7O2S/c1-25-16-15(22-19(25)30-2)17(24-18(21)23-16)27-9-7-26(8-10-27)14(28)11-29-13-5-3-12(20)4-6-13/h3-6H,7-11H2,1-2H3,(H2,21,23,24). The van der Waals surface area contributed by atoms with Gasteiger partial charge in [0.25, 0.3) is 5.91 Å². The molecule has 1 amide bonds. The van der Waals surface area contributed by atoms with E-state index in [1.54, 1.807) is 40.9 Å². The Labute approximate surface area is 183 Å². The van der Waals surface area contributed by atoms with Crippen molar-refractivity contribution in [3.05, 3.63) is 29.3 Å². The van der Waals surface area contributed by atoms with Gasteiger partial charge in [-0.3, -0.25) is 4.79 Å². The first kappa shape index (κ1) is 20.5. The fourth-order valence-electron chi connectivity index (χ4n) is 3.38. The Kier molecular flexibility index (Phi) is 5.87. The molecule has 0 bridgehead atoms. The number of anilines is 2. The predicted molar refractivity (Wildman–Crippen MR) is 118 cm³/mol. The molecule has 2 aromatic heterocycles. The lowest BCUT2D eigenvalue weighted by molar-refractivity contribution is -0.133. The Morgan fingerprint density at radius 2 is 1.87 bits per heavy atom. The molecule has 1 aliphatic rings. The maximum atomic E-state index is 12.5. The molecule has 0 saturated carbocycles. The summed E-state index contributed by atoms with van der Waals surface area (Å²) in [5.74, 6) is 1.48. The van der Waals surface area contributed by atoms with Crippen LogP contribution in [-0.2, 0) is 11.8 Å². The fraction of sp³-hybridized carbons (Fsp3) is 0.368. The van der Waals surface area contributed by atoms with Gasteiger partial charge in [-0.25, -0.2) is 4.98 Å². The third-order valence-corrected chi connectivity index (χ3v) is 5.95. The van der Waals surface area contributed by atoms with Crippen LogP contribution < -0.4 is 15.4 Å². The van der Waals surface area contributed by atoms with Crippen LogP contribution in [0.15, 0.2) is 29.4 Å². The van der Waals surface area contributed by atoms with Crippen molar-refractivity contribution in [3.8, 4) is 5.75 Å². The summed E-state index contributed by atoms with van der Waals surface area (Å²) in [5.41, 5.74) is 7.37. The molecule has 1 fully saturated rings. The molecular weight excluding hydrogens is 426 g/mol. The highest BCUT2D eigenvalue weighted by molar-refractivity contribution is 7.98. The lowest BCUT2D eigenvalue weighted by atomic mass is 10.3. The quantitative estimate of drug-likeness (QED) is 0.593. The van der Waals surface area contributed by atoms with Crippen LogP contribution >= 0.6 is 23.4 Å². The third-order valence-electron chi connectivity index (χ3n) is 4.97. The summed E-state index contributed by atoms with van der Waals surface area (Å²) in [6.07, 6.45) is 1.97. The predicted octanol–water partition coefficient (Wildman–Crippen LogP) is 2.05. The second-order valence-corrected chi connectivity index (χ2v) is 8.06. The van der Waals surface area contributed by atoms with Crippen LogP contribution in [0.2, 0.25) is 5.02 Å². The molecule has 1 aromatic carbocycles. The van der Waals surface area contributed by atoms with Crippen LogP contribution in [0.1, 0.15) is 0 Å². The molecule has 0 atom stereocenters. The molecule has 4 rings (SSSR count). The van der Waals surface area contributed by atoms with Crippen molar-refractivity contribution < 1.29 is 9.53 Å². The summed E-state index contributed by atoms with van der Waals surface area (Å²) in [7, 11) is 1.91. The maximum absolute atomic E-state index is 12.5. The van der Waals surface area contributed by atoms with Gasteiger partial charge in [0.05, 0.1) is 0 Å². The molecule has 0 radical (unpaired) electrons. The molecule has 30 heavy (non-hydrogen) atoms. The minimum Gasteiger partial charge on any atom is -0.484 e. The number of aryl methyl sites for hydroxylation is 1. The van der Waals surface area contributed by atoms with Crippen molar-refractivity contribution in [2.75, 3.05) is 49.7 Å². The summed E-state index contributed by atoms with van der Waals surface area (Å²) in [5, 5.41) is 1.47. The number of piperazine rings is 1. The fourth-order valence-corrected chi connectivity index (χ4v) is 4.05. The average molecular weight is 448 g/mol. The molecular formula is C19H22ClN7O2S. The van der Waals surface area contributed by atoms with Gasteiger partial charge in [0.2, 0.25) is 5.95 Å². The van der Waals surface area contributed by atoms with Gasteiger partial charge in [0.15, 0.2) is 28.7 Å². The Morgan fingerprint density at radius 3 is 2.53 bits per heavy atom. The minimum absolute atomic E-state index is 0.0103. The Morgan fingerprint density at radius 1 is 1.17 bits per heavy atom. The van der Waals surface area contributed by atoms with Crippen LogP contribution in [-0.4, -0.2) is 69.4 Å². The van der Waals surface area contributed by atoms with E-state index in [0.29, 0.717) is 48.4 Å². The molecule has 158 valence electrons. The first-order valence-corrected chi connectivity index (χ1v) is 11.0. The Bertz CT molecular complexity index is 1060. The zero-order chi connectivity index (χ0) is 21.3. The van der Waals surface area contributed by atoms with Crippen LogP contribution in [0.3, 0.4) is 0 Å². The molecule has 9 nitrogen and oxygen atoms in total. The highest BCUT2D eigenvalue weighted by Gasteiger charge is 2.25. The van der Waals surface area contributed by atoms with Crippen molar-refractivity contribution in [2.45, 2.75) is 5.16 Å². The van der Waals surface area contributed by atoms with Crippen LogP contribution in [0.5, 0.6) is 5.75 Å². The van der Waals surface area contributed by atoms with Crippen molar-refractivity contribution >= 4 is 52.2 Å². The molecule has 1 saturated heterocycles. The molecule has 0 unspecified atom stereocenters. The average Bonchev–Trinajstić information content (AvgIpc) is 3.08. The van der Waals surface area contributed by atoms with Crippen LogP contribution in [0.4, 0.5) is 11.8 Å². The summed E-state index contributed by atoms with van der Waals surface area (Å²) in [6.45, 7) is 2.38. The Hall–Kier alpha value is -2.72. The molecule has 1 aliphatic heterocycles. The van der Waals surface area contributed by atoms with Crippen LogP contribution in [0, 0.1) is 0 Å². The molecule has 3 aromatic rings. The minimum atomic E-state index is -0.0561. The number of rotatable bonds is 5. The normalized spacial score (nSPS) is 14.4. The number of fused-ring (bicyclic) bond motifs is 1. The SMILES string of the molecule is CSc1nc2c(N3CCN(C(=O)COc4ccc(Cl)cc4)CC3)nc(N)nc2n1C. The number of carbonyl (C=O) groups is 1. The first-order valence-electron chi connectivity index (χ1n) is 9.41. The zero-order valence-corrected chi connectivity index (χ0v) is 18.3. The number of nitrogen functional groups attached to an aromatic ring is 1. The lowest BCUT2D eigenvalue weighted by Crippen LogP contribution is -2.50.